The van der Waals surface area contributed by atoms with E-state index in [1.54, 1.807) is 0 Å². The summed E-state index contributed by atoms with van der Waals surface area (Å²) >= 11 is 0. The van der Waals surface area contributed by atoms with Crippen LogP contribution in [0, 0.1) is 0 Å². The van der Waals surface area contributed by atoms with Crippen molar-refractivity contribution in [3.8, 4) is 28.7 Å². The average molecular weight is 382 g/mol. The van der Waals surface area contributed by atoms with E-state index in [0.29, 0.717) is 6.07 Å². The van der Waals surface area contributed by atoms with Gasteiger partial charge in [-0.2, -0.15) is 8.42 Å². The summed E-state index contributed by atoms with van der Waals surface area (Å²) < 4.78 is 37.0. The van der Waals surface area contributed by atoms with E-state index in [2.05, 4.69) is 0 Å². The summed E-state index contributed by atoms with van der Waals surface area (Å²) in [5, 5.41) is 38.4. The van der Waals surface area contributed by atoms with Gasteiger partial charge in [-0.3, -0.25) is 14.1 Å². The molecule has 0 spiro atoms. The first-order valence-electron chi connectivity index (χ1n) is 6.85. The minimum absolute atomic E-state index is 0.349. The first-order chi connectivity index (χ1) is 12.0. The van der Waals surface area contributed by atoms with Gasteiger partial charge in [0, 0.05) is 17.7 Å². The maximum atomic E-state index is 12.3. The molecule has 10 nitrogen and oxygen atoms in total. The zero-order valence-electron chi connectivity index (χ0n) is 12.6. The molecule has 2 aromatic carbocycles. The van der Waals surface area contributed by atoms with E-state index in [4.69, 9.17) is 9.29 Å². The Labute approximate surface area is 145 Å². The number of carbonyl (C=O) groups is 2. The topological polar surface area (TPSA) is 179 Å². The first kappa shape index (κ1) is 17.5. The molecule has 1 atom stereocenters. The lowest BCUT2D eigenvalue weighted by atomic mass is 9.94. The van der Waals surface area contributed by atoms with E-state index in [-0.39, 0.29) is 11.3 Å². The minimum atomic E-state index is -4.96. The van der Waals surface area contributed by atoms with Gasteiger partial charge in [0.1, 0.15) is 27.7 Å². The summed E-state index contributed by atoms with van der Waals surface area (Å²) in [5.41, 5.74) is -0.846. The van der Waals surface area contributed by atoms with Gasteiger partial charge in [0.05, 0.1) is 0 Å². The number of phenols is 4. The number of carbonyl (C=O) groups excluding carboxylic acids is 2. The summed E-state index contributed by atoms with van der Waals surface area (Å²) in [5.74, 6) is -6.01. The summed E-state index contributed by atoms with van der Waals surface area (Å²) in [6, 6.07) is 3.20. The molecule has 3 rings (SSSR count). The van der Waals surface area contributed by atoms with Crippen molar-refractivity contribution in [2.24, 2.45) is 0 Å². The minimum Gasteiger partial charge on any atom is -0.508 e. The molecule has 0 aromatic heterocycles. The second-order valence-corrected chi connectivity index (χ2v) is 6.78. The Morgan fingerprint density at radius 1 is 0.923 bits per heavy atom. The monoisotopic (exact) mass is 382 g/mol. The summed E-state index contributed by atoms with van der Waals surface area (Å²) in [7, 11) is -4.96. The van der Waals surface area contributed by atoms with Crippen LogP contribution in [0.3, 0.4) is 0 Å². The first-order valence-corrected chi connectivity index (χ1v) is 8.29. The lowest BCUT2D eigenvalue weighted by Gasteiger charge is -2.25. The molecule has 26 heavy (non-hydrogen) atoms. The van der Waals surface area contributed by atoms with Crippen molar-refractivity contribution in [2.45, 2.75) is 11.0 Å². The maximum Gasteiger partial charge on any atom is 0.298 e. The van der Waals surface area contributed by atoms with Crippen LogP contribution in [0.5, 0.6) is 28.7 Å². The molecule has 0 fully saturated rings. The van der Waals surface area contributed by atoms with Gasteiger partial charge in [0.15, 0.2) is 17.6 Å². The molecule has 5 N–H and O–H groups in total. The van der Waals surface area contributed by atoms with Crippen molar-refractivity contribution < 1.29 is 47.7 Å². The Balaban J connectivity index is 2.18. The standard InChI is InChI=1S/C15H10O10S/c16-6-3-7(17)11-9(4-6)25-15(14(21)13(11)20)5-1-8(18)12(19)10(2-5)26(22,23)24/h1-4,15-19H,(H,22,23,24). The van der Waals surface area contributed by atoms with E-state index in [1.807, 2.05) is 0 Å². The third-order valence-electron chi connectivity index (χ3n) is 3.66. The molecule has 11 heteroatoms. The molecule has 0 bridgehead atoms. The van der Waals surface area contributed by atoms with E-state index in [0.717, 1.165) is 18.2 Å². The molecule has 2 aromatic rings. The summed E-state index contributed by atoms with van der Waals surface area (Å²) in [6.07, 6.45) is -1.75. The Hall–Kier alpha value is -3.31. The van der Waals surface area contributed by atoms with Crippen LogP contribution in [0.4, 0.5) is 0 Å². The highest BCUT2D eigenvalue weighted by Crippen LogP contribution is 2.42. The Morgan fingerprint density at radius 2 is 1.58 bits per heavy atom. The van der Waals surface area contributed by atoms with Crippen LogP contribution in [-0.2, 0) is 14.9 Å². The van der Waals surface area contributed by atoms with Gasteiger partial charge in [-0.1, -0.05) is 0 Å². The van der Waals surface area contributed by atoms with Crippen molar-refractivity contribution in [3.63, 3.8) is 0 Å². The highest BCUT2D eigenvalue weighted by atomic mass is 32.2. The van der Waals surface area contributed by atoms with Crippen LogP contribution in [-0.4, -0.2) is 45.0 Å². The maximum absolute atomic E-state index is 12.3. The summed E-state index contributed by atoms with van der Waals surface area (Å²) in [4.78, 5) is 23.4. The van der Waals surface area contributed by atoms with E-state index < -0.39 is 61.2 Å². The number of aromatic hydroxyl groups is 4. The molecule has 136 valence electrons. The van der Waals surface area contributed by atoms with E-state index in [9.17, 15) is 38.4 Å². The van der Waals surface area contributed by atoms with Gasteiger partial charge in [0.25, 0.3) is 10.1 Å². The smallest absolute Gasteiger partial charge is 0.298 e. The Morgan fingerprint density at radius 3 is 2.19 bits per heavy atom. The van der Waals surface area contributed by atoms with Crippen molar-refractivity contribution in [3.05, 3.63) is 35.4 Å². The number of ketones is 2. The zero-order chi connectivity index (χ0) is 19.4. The van der Waals surface area contributed by atoms with Gasteiger partial charge < -0.3 is 25.2 Å². The average Bonchev–Trinajstić information content (AvgIpc) is 2.51. The predicted octanol–water partition coefficient (Wildman–Crippen LogP) is 0.641. The lowest BCUT2D eigenvalue weighted by molar-refractivity contribution is -0.122. The second kappa shape index (κ2) is 5.61. The number of hydrogen-bond acceptors (Lipinski definition) is 9. The lowest BCUT2D eigenvalue weighted by Crippen LogP contribution is -2.32. The highest BCUT2D eigenvalue weighted by molar-refractivity contribution is 7.86. The highest BCUT2D eigenvalue weighted by Gasteiger charge is 2.40. The Bertz CT molecular complexity index is 1070. The molecule has 1 unspecified atom stereocenters. The molecule has 0 saturated carbocycles. The molecule has 1 aliphatic heterocycles. The van der Waals surface area contributed by atoms with Gasteiger partial charge in [-0.05, 0) is 12.1 Å². The van der Waals surface area contributed by atoms with Gasteiger partial charge in [0.2, 0.25) is 11.6 Å². The quantitative estimate of drug-likeness (QED) is 0.281. The fourth-order valence-corrected chi connectivity index (χ4v) is 3.15. The van der Waals surface area contributed by atoms with Crippen LogP contribution >= 0.6 is 0 Å². The zero-order valence-corrected chi connectivity index (χ0v) is 13.4. The SMILES string of the molecule is O=C1C(=O)C(c2cc(O)c(O)c(S(=O)(=O)O)c2)Oc2cc(O)cc(O)c21. The van der Waals surface area contributed by atoms with Crippen LogP contribution in [0.15, 0.2) is 29.2 Å². The number of ether oxygens (including phenoxy) is 1. The molecule has 0 saturated heterocycles. The van der Waals surface area contributed by atoms with Crippen LogP contribution < -0.4 is 4.74 Å². The second-order valence-electron chi connectivity index (χ2n) is 5.39. The molecule has 0 radical (unpaired) electrons. The third kappa shape index (κ3) is 2.68. The largest absolute Gasteiger partial charge is 0.508 e. The fourth-order valence-electron chi connectivity index (χ4n) is 2.51. The third-order valence-corrected chi connectivity index (χ3v) is 4.52. The van der Waals surface area contributed by atoms with Crippen LogP contribution in [0.1, 0.15) is 22.0 Å². The number of fused-ring (bicyclic) bond motifs is 1. The molecular formula is C15H10O10S. The number of benzene rings is 2. The normalized spacial score (nSPS) is 16.9. The van der Waals surface area contributed by atoms with Crippen LogP contribution in [0.25, 0.3) is 0 Å². The van der Waals surface area contributed by atoms with E-state index >= 15 is 0 Å². The van der Waals surface area contributed by atoms with Crippen molar-refractivity contribution >= 4 is 21.7 Å². The van der Waals surface area contributed by atoms with Crippen molar-refractivity contribution in [2.75, 3.05) is 0 Å². The van der Waals surface area contributed by atoms with Crippen molar-refractivity contribution in [1.29, 1.82) is 0 Å². The predicted molar refractivity (Wildman–Crippen MR) is 82.1 cm³/mol. The van der Waals surface area contributed by atoms with Gasteiger partial charge in [-0.25, -0.2) is 0 Å². The summed E-state index contributed by atoms with van der Waals surface area (Å²) in [6.45, 7) is 0. The van der Waals surface area contributed by atoms with Gasteiger partial charge >= 0.3 is 0 Å². The number of phenolic OH excluding ortho intramolecular Hbond substituents is 4. The van der Waals surface area contributed by atoms with Crippen molar-refractivity contribution in [1.82, 2.24) is 0 Å². The molecule has 1 aliphatic rings. The molecule has 0 aliphatic carbocycles. The molecular weight excluding hydrogens is 372 g/mol. The number of hydrogen-bond donors (Lipinski definition) is 5. The van der Waals surface area contributed by atoms with Crippen LogP contribution in [0.2, 0.25) is 0 Å². The molecule has 0 amide bonds. The Kier molecular flexibility index (Phi) is 3.78. The molecule has 1 heterocycles. The number of Topliss-reactive ketones (excluding diaryl/α,β-unsaturated/α-hetero) is 2. The fraction of sp³-hybridized carbons (Fsp3) is 0.0667. The number of rotatable bonds is 2. The van der Waals surface area contributed by atoms with Gasteiger partial charge in [-0.15, -0.1) is 0 Å². The van der Waals surface area contributed by atoms with E-state index in [1.165, 1.54) is 0 Å².